The molecule has 1 atom stereocenters. The van der Waals surface area contributed by atoms with Crippen LogP contribution >= 0.6 is 0 Å². The second kappa shape index (κ2) is 10.1. The molecule has 2 aliphatic rings. The molecule has 2 aromatic rings. The van der Waals surface area contributed by atoms with Gasteiger partial charge in [-0.15, -0.1) is 0 Å². The normalized spacial score (nSPS) is 19.6. The summed E-state index contributed by atoms with van der Waals surface area (Å²) in [6, 6.07) is 10.6. The molecule has 2 heterocycles. The second-order valence-corrected chi connectivity index (χ2v) is 11.0. The van der Waals surface area contributed by atoms with Crippen LogP contribution in [0.25, 0.3) is 0 Å². The highest BCUT2D eigenvalue weighted by molar-refractivity contribution is 7.89. The number of amides is 1. The lowest BCUT2D eigenvalue weighted by atomic mass is 9.99. The van der Waals surface area contributed by atoms with E-state index in [9.17, 15) is 23.3 Å². The van der Waals surface area contributed by atoms with Crippen molar-refractivity contribution in [2.45, 2.75) is 43.9 Å². The molecule has 0 aliphatic carbocycles. The van der Waals surface area contributed by atoms with Crippen molar-refractivity contribution in [2.24, 2.45) is 5.92 Å². The van der Waals surface area contributed by atoms with Crippen molar-refractivity contribution in [2.75, 3.05) is 36.4 Å². The second-order valence-electron chi connectivity index (χ2n) is 9.10. The maximum absolute atomic E-state index is 13.0. The SMILES string of the molecule is CC1CCCN(c2ccc(C(=O)Nc3cccc(S(=O)(=O)N4CCCCC4)c3)cc2[N+](=O)[O-])C1. The van der Waals surface area contributed by atoms with E-state index < -0.39 is 20.9 Å². The minimum Gasteiger partial charge on any atom is -0.366 e. The van der Waals surface area contributed by atoms with E-state index >= 15 is 0 Å². The molecule has 4 rings (SSSR count). The fourth-order valence-electron chi connectivity index (χ4n) is 4.68. The number of rotatable bonds is 6. The number of carbonyl (C=O) groups is 1. The quantitative estimate of drug-likeness (QED) is 0.482. The van der Waals surface area contributed by atoms with Gasteiger partial charge in [0, 0.05) is 43.5 Å². The summed E-state index contributed by atoms with van der Waals surface area (Å²) in [5.74, 6) is -0.0843. The van der Waals surface area contributed by atoms with Gasteiger partial charge in [0.15, 0.2) is 0 Å². The minimum absolute atomic E-state index is 0.108. The van der Waals surface area contributed by atoms with E-state index in [1.807, 2.05) is 4.90 Å². The number of nitrogens with zero attached hydrogens (tertiary/aromatic N) is 3. The summed E-state index contributed by atoms with van der Waals surface area (Å²) in [4.78, 5) is 26.3. The third-order valence-corrected chi connectivity index (χ3v) is 8.37. The zero-order valence-electron chi connectivity index (χ0n) is 19.3. The molecule has 0 saturated carbocycles. The van der Waals surface area contributed by atoms with Crippen LogP contribution in [0.4, 0.5) is 17.1 Å². The molecule has 9 nitrogen and oxygen atoms in total. The average molecular weight is 487 g/mol. The molecular formula is C24H30N4O5S. The van der Waals surface area contributed by atoms with Gasteiger partial charge in [-0.05, 0) is 61.9 Å². The average Bonchev–Trinajstić information content (AvgIpc) is 2.84. The van der Waals surface area contributed by atoms with E-state index in [1.165, 1.54) is 22.5 Å². The van der Waals surface area contributed by atoms with Crippen LogP contribution in [-0.2, 0) is 10.0 Å². The van der Waals surface area contributed by atoms with Gasteiger partial charge < -0.3 is 10.2 Å². The van der Waals surface area contributed by atoms with Gasteiger partial charge in [0.05, 0.1) is 9.82 Å². The van der Waals surface area contributed by atoms with Gasteiger partial charge in [-0.25, -0.2) is 8.42 Å². The maximum atomic E-state index is 13.0. The number of benzene rings is 2. The summed E-state index contributed by atoms with van der Waals surface area (Å²) in [5.41, 5.74) is 0.871. The summed E-state index contributed by atoms with van der Waals surface area (Å²) >= 11 is 0. The van der Waals surface area contributed by atoms with Crippen molar-refractivity contribution >= 4 is 33.0 Å². The van der Waals surface area contributed by atoms with Gasteiger partial charge in [-0.2, -0.15) is 4.31 Å². The lowest BCUT2D eigenvalue weighted by molar-refractivity contribution is -0.384. The van der Waals surface area contributed by atoms with Crippen LogP contribution in [0.3, 0.4) is 0 Å². The Morgan fingerprint density at radius 2 is 1.82 bits per heavy atom. The minimum atomic E-state index is -3.64. The Morgan fingerprint density at radius 1 is 1.06 bits per heavy atom. The topological polar surface area (TPSA) is 113 Å². The van der Waals surface area contributed by atoms with Crippen molar-refractivity contribution in [3.05, 3.63) is 58.1 Å². The Bertz CT molecular complexity index is 1180. The van der Waals surface area contributed by atoms with Crippen LogP contribution in [0.1, 0.15) is 49.4 Å². The first-order chi connectivity index (χ1) is 16.3. The van der Waals surface area contributed by atoms with Crippen LogP contribution in [0.5, 0.6) is 0 Å². The van der Waals surface area contributed by atoms with Crippen LogP contribution in [0.15, 0.2) is 47.4 Å². The molecule has 0 aromatic heterocycles. The lowest BCUT2D eigenvalue weighted by Gasteiger charge is -2.32. The molecule has 0 bridgehead atoms. The van der Waals surface area contributed by atoms with E-state index in [1.54, 1.807) is 24.3 Å². The molecule has 0 radical (unpaired) electrons. The highest BCUT2D eigenvalue weighted by Gasteiger charge is 2.27. The number of sulfonamides is 1. The number of anilines is 2. The third kappa shape index (κ3) is 5.23. The first-order valence-electron chi connectivity index (χ1n) is 11.7. The molecule has 1 unspecified atom stereocenters. The van der Waals surface area contributed by atoms with E-state index in [4.69, 9.17) is 0 Å². The fraction of sp³-hybridized carbons (Fsp3) is 0.458. The van der Waals surface area contributed by atoms with Gasteiger partial charge in [0.1, 0.15) is 5.69 Å². The molecule has 1 amide bonds. The highest BCUT2D eigenvalue weighted by Crippen LogP contribution is 2.33. The zero-order chi connectivity index (χ0) is 24.3. The number of piperidine rings is 2. The van der Waals surface area contributed by atoms with Crippen molar-refractivity contribution < 1.29 is 18.1 Å². The monoisotopic (exact) mass is 486 g/mol. The van der Waals surface area contributed by atoms with E-state index in [0.717, 1.165) is 45.2 Å². The number of nitrogens with one attached hydrogen (secondary N) is 1. The van der Waals surface area contributed by atoms with E-state index in [-0.39, 0.29) is 16.1 Å². The molecule has 2 fully saturated rings. The number of hydrogen-bond acceptors (Lipinski definition) is 6. The van der Waals surface area contributed by atoms with E-state index in [2.05, 4.69) is 12.2 Å². The Balaban J connectivity index is 1.54. The molecule has 2 saturated heterocycles. The Kier molecular flexibility index (Phi) is 7.18. The summed E-state index contributed by atoms with van der Waals surface area (Å²) in [6.07, 6.45) is 4.75. The predicted molar refractivity (Wildman–Crippen MR) is 131 cm³/mol. The molecule has 34 heavy (non-hydrogen) atoms. The molecule has 0 spiro atoms. The van der Waals surface area contributed by atoms with E-state index in [0.29, 0.717) is 30.4 Å². The van der Waals surface area contributed by atoms with Crippen LogP contribution in [-0.4, -0.2) is 49.7 Å². The molecule has 182 valence electrons. The largest absolute Gasteiger partial charge is 0.366 e. The molecule has 2 aliphatic heterocycles. The van der Waals surface area contributed by atoms with Gasteiger partial charge in [-0.3, -0.25) is 14.9 Å². The molecule has 1 N–H and O–H groups in total. The van der Waals surface area contributed by atoms with Crippen LogP contribution in [0, 0.1) is 16.0 Å². The summed E-state index contributed by atoms with van der Waals surface area (Å²) < 4.78 is 27.4. The van der Waals surface area contributed by atoms with Gasteiger partial charge >= 0.3 is 0 Å². The highest BCUT2D eigenvalue weighted by atomic mass is 32.2. The van der Waals surface area contributed by atoms with Crippen molar-refractivity contribution in [1.29, 1.82) is 0 Å². The summed E-state index contributed by atoms with van der Waals surface area (Å²) in [6.45, 7) is 4.59. The van der Waals surface area contributed by atoms with Crippen LogP contribution in [0.2, 0.25) is 0 Å². The third-order valence-electron chi connectivity index (χ3n) is 6.48. The van der Waals surface area contributed by atoms with Crippen LogP contribution < -0.4 is 10.2 Å². The smallest absolute Gasteiger partial charge is 0.293 e. The Morgan fingerprint density at radius 3 is 2.53 bits per heavy atom. The van der Waals surface area contributed by atoms with Crippen molar-refractivity contribution in [3.8, 4) is 0 Å². The Hall–Kier alpha value is -2.98. The number of nitro benzene ring substituents is 1. The number of hydrogen-bond donors (Lipinski definition) is 1. The number of nitro groups is 1. The first-order valence-corrected chi connectivity index (χ1v) is 13.1. The lowest BCUT2D eigenvalue weighted by Crippen LogP contribution is -2.35. The van der Waals surface area contributed by atoms with Gasteiger partial charge in [0.2, 0.25) is 10.0 Å². The first kappa shape index (κ1) is 24.2. The summed E-state index contributed by atoms with van der Waals surface area (Å²) in [5, 5.41) is 14.4. The predicted octanol–water partition coefficient (Wildman–Crippen LogP) is 4.26. The number of carbonyl (C=O) groups excluding carboxylic acids is 1. The fourth-order valence-corrected chi connectivity index (χ4v) is 6.24. The van der Waals surface area contributed by atoms with Gasteiger partial charge in [0.25, 0.3) is 11.6 Å². The molecular weight excluding hydrogens is 456 g/mol. The van der Waals surface area contributed by atoms with Gasteiger partial charge in [-0.1, -0.05) is 19.4 Å². The molecule has 10 heteroatoms. The zero-order valence-corrected chi connectivity index (χ0v) is 20.1. The Labute approximate surface area is 200 Å². The summed E-state index contributed by atoms with van der Waals surface area (Å²) in [7, 11) is -3.64. The standard InChI is InChI=1S/C24H30N4O5S/c1-18-7-6-12-26(17-18)22-11-10-19(15-23(22)28(30)31)24(29)25-20-8-5-9-21(16-20)34(32,33)27-13-3-2-4-14-27/h5,8-11,15-16,18H,2-4,6-7,12-14,17H2,1H3,(H,25,29). The maximum Gasteiger partial charge on any atom is 0.293 e. The molecule has 2 aromatic carbocycles. The van der Waals surface area contributed by atoms with Crippen molar-refractivity contribution in [3.63, 3.8) is 0 Å². The van der Waals surface area contributed by atoms with Crippen molar-refractivity contribution in [1.82, 2.24) is 4.31 Å².